The van der Waals surface area contributed by atoms with Gasteiger partial charge in [-0.15, -0.1) is 10.2 Å². The zero-order valence-electron chi connectivity index (χ0n) is 17.2. The molecule has 1 aromatic carbocycles. The maximum absolute atomic E-state index is 12.3. The highest BCUT2D eigenvalue weighted by Gasteiger charge is 2.12. The summed E-state index contributed by atoms with van der Waals surface area (Å²) in [6, 6.07) is 5.19. The number of aromatic amines is 1. The summed E-state index contributed by atoms with van der Waals surface area (Å²) in [5.41, 5.74) is 0.497. The number of ether oxygens (including phenoxy) is 2. The molecule has 0 radical (unpaired) electrons. The summed E-state index contributed by atoms with van der Waals surface area (Å²) in [6.07, 6.45) is 2.98. The maximum atomic E-state index is 12.3. The van der Waals surface area contributed by atoms with Crippen LogP contribution in [-0.4, -0.2) is 41.3 Å². The van der Waals surface area contributed by atoms with Crippen LogP contribution in [0.3, 0.4) is 0 Å². The van der Waals surface area contributed by atoms with Crippen LogP contribution in [0.2, 0.25) is 0 Å². The minimum Gasteiger partial charge on any atom is -0.493 e. The van der Waals surface area contributed by atoms with E-state index in [1.807, 2.05) is 0 Å². The van der Waals surface area contributed by atoms with E-state index in [4.69, 9.17) is 9.47 Å². The molecule has 156 valence electrons. The highest BCUT2D eigenvalue weighted by Crippen LogP contribution is 2.31. The van der Waals surface area contributed by atoms with Crippen LogP contribution in [-0.2, 0) is 11.2 Å². The predicted molar refractivity (Wildman–Crippen MR) is 111 cm³/mol. The molecule has 2 rings (SSSR count). The number of aromatic nitrogens is 3. The second kappa shape index (κ2) is 11.0. The van der Waals surface area contributed by atoms with E-state index in [-0.39, 0.29) is 30.0 Å². The summed E-state index contributed by atoms with van der Waals surface area (Å²) in [4.78, 5) is 26.9. The minimum absolute atomic E-state index is 0.101. The van der Waals surface area contributed by atoms with Gasteiger partial charge in [0, 0.05) is 24.9 Å². The maximum Gasteiger partial charge on any atom is 0.273 e. The van der Waals surface area contributed by atoms with Gasteiger partial charge in [0.25, 0.3) is 5.56 Å². The topological polar surface area (TPSA) is 106 Å². The fraction of sp³-hybridized carbons (Fsp3) is 0.429. The second-order valence-corrected chi connectivity index (χ2v) is 6.95. The van der Waals surface area contributed by atoms with Crippen molar-refractivity contribution in [2.24, 2.45) is 5.92 Å². The number of hydrogen-bond donors (Lipinski definition) is 2. The Morgan fingerprint density at radius 3 is 2.76 bits per heavy atom. The third-order valence-corrected chi connectivity index (χ3v) is 4.19. The van der Waals surface area contributed by atoms with Crippen LogP contribution >= 0.6 is 0 Å². The molecule has 1 aromatic heterocycles. The first-order valence-electron chi connectivity index (χ1n) is 9.59. The molecular weight excluding hydrogens is 372 g/mol. The van der Waals surface area contributed by atoms with E-state index >= 15 is 0 Å². The van der Waals surface area contributed by atoms with Crippen LogP contribution in [0.25, 0.3) is 11.4 Å². The summed E-state index contributed by atoms with van der Waals surface area (Å²) in [5.74, 6) is 1.81. The standard InChI is InChI=1S/C21H28N4O4/c1-5-12-29-17-8-6-15(13-18(17)28-4)20-23-21(27)16(24-25-20)7-9-19(26)22-11-10-14(2)3/h5-6,8,13-14H,1,7,9-12H2,2-4H3,(H,22,26)(H,23,25,27). The molecular formula is C21H28N4O4. The molecule has 0 spiro atoms. The summed E-state index contributed by atoms with van der Waals surface area (Å²) in [6.45, 7) is 8.79. The highest BCUT2D eigenvalue weighted by atomic mass is 16.5. The number of carbonyl (C=O) groups excluding carboxylic acids is 1. The van der Waals surface area contributed by atoms with Crippen molar-refractivity contribution < 1.29 is 14.3 Å². The van der Waals surface area contributed by atoms with Gasteiger partial charge >= 0.3 is 0 Å². The first-order valence-corrected chi connectivity index (χ1v) is 9.59. The van der Waals surface area contributed by atoms with Crippen molar-refractivity contribution in [2.45, 2.75) is 33.1 Å². The molecule has 0 unspecified atom stereocenters. The van der Waals surface area contributed by atoms with E-state index in [0.29, 0.717) is 42.0 Å². The van der Waals surface area contributed by atoms with Gasteiger partial charge in [-0.05, 0) is 30.5 Å². The van der Waals surface area contributed by atoms with Crippen molar-refractivity contribution >= 4 is 5.91 Å². The predicted octanol–water partition coefficient (Wildman–Crippen LogP) is 2.50. The number of nitrogens with one attached hydrogen (secondary N) is 2. The van der Waals surface area contributed by atoms with Crippen LogP contribution in [0, 0.1) is 5.92 Å². The zero-order chi connectivity index (χ0) is 21.2. The van der Waals surface area contributed by atoms with Gasteiger partial charge in [0.2, 0.25) is 5.91 Å². The van der Waals surface area contributed by atoms with Crippen molar-refractivity contribution in [3.05, 3.63) is 46.9 Å². The molecule has 29 heavy (non-hydrogen) atoms. The number of amides is 1. The number of methoxy groups -OCH3 is 1. The third-order valence-electron chi connectivity index (χ3n) is 4.19. The number of carbonyl (C=O) groups is 1. The SMILES string of the molecule is C=CCOc1ccc(-c2nnc(CCC(=O)NCCC(C)C)c(=O)[nH]2)cc1OC. The average Bonchev–Trinajstić information content (AvgIpc) is 2.70. The molecule has 2 N–H and O–H groups in total. The van der Waals surface area contributed by atoms with Gasteiger partial charge in [-0.2, -0.15) is 0 Å². The van der Waals surface area contributed by atoms with Crippen LogP contribution in [0.4, 0.5) is 0 Å². The Bertz CT molecular complexity index is 892. The minimum atomic E-state index is -0.365. The quantitative estimate of drug-likeness (QED) is 0.562. The van der Waals surface area contributed by atoms with Crippen LogP contribution in [0.15, 0.2) is 35.6 Å². The van der Waals surface area contributed by atoms with E-state index in [0.717, 1.165) is 6.42 Å². The van der Waals surface area contributed by atoms with Crippen molar-refractivity contribution in [3.8, 4) is 22.9 Å². The van der Waals surface area contributed by atoms with Crippen LogP contribution < -0.4 is 20.3 Å². The lowest BCUT2D eigenvalue weighted by atomic mass is 10.1. The van der Waals surface area contributed by atoms with Gasteiger partial charge in [0.1, 0.15) is 12.3 Å². The van der Waals surface area contributed by atoms with E-state index in [2.05, 4.69) is 40.9 Å². The van der Waals surface area contributed by atoms with Gasteiger partial charge in [-0.1, -0.05) is 26.5 Å². The van der Waals surface area contributed by atoms with Crippen molar-refractivity contribution in [1.29, 1.82) is 0 Å². The smallest absolute Gasteiger partial charge is 0.273 e. The molecule has 0 saturated heterocycles. The lowest BCUT2D eigenvalue weighted by molar-refractivity contribution is -0.121. The molecule has 0 aliphatic carbocycles. The summed E-state index contributed by atoms with van der Waals surface area (Å²) in [5, 5.41) is 10.9. The van der Waals surface area contributed by atoms with Gasteiger partial charge in [0.15, 0.2) is 17.3 Å². The molecule has 8 nitrogen and oxygen atoms in total. The van der Waals surface area contributed by atoms with Crippen molar-refractivity contribution in [3.63, 3.8) is 0 Å². The van der Waals surface area contributed by atoms with Gasteiger partial charge < -0.3 is 19.8 Å². The number of benzene rings is 1. The second-order valence-electron chi connectivity index (χ2n) is 6.95. The Labute approximate surface area is 170 Å². The van der Waals surface area contributed by atoms with E-state index in [9.17, 15) is 9.59 Å². The monoisotopic (exact) mass is 400 g/mol. The first kappa shape index (κ1) is 22.1. The molecule has 1 amide bonds. The number of rotatable bonds is 11. The summed E-state index contributed by atoms with van der Waals surface area (Å²) in [7, 11) is 1.53. The zero-order valence-corrected chi connectivity index (χ0v) is 17.2. The molecule has 0 bridgehead atoms. The van der Waals surface area contributed by atoms with E-state index < -0.39 is 0 Å². The first-order chi connectivity index (χ1) is 13.9. The number of nitrogens with zero attached hydrogens (tertiary/aromatic N) is 2. The van der Waals surface area contributed by atoms with Gasteiger partial charge in [0.05, 0.1) is 7.11 Å². The molecule has 0 aliphatic heterocycles. The van der Waals surface area contributed by atoms with Crippen molar-refractivity contribution in [2.75, 3.05) is 20.3 Å². The average molecular weight is 400 g/mol. The lowest BCUT2D eigenvalue weighted by Crippen LogP contribution is -2.27. The number of aryl methyl sites for hydroxylation is 1. The van der Waals surface area contributed by atoms with Gasteiger partial charge in [-0.3, -0.25) is 9.59 Å². The van der Waals surface area contributed by atoms with Crippen LogP contribution in [0.5, 0.6) is 11.5 Å². The normalized spacial score (nSPS) is 10.6. The molecule has 0 atom stereocenters. The molecule has 0 fully saturated rings. The molecule has 0 aliphatic rings. The summed E-state index contributed by atoms with van der Waals surface area (Å²) < 4.78 is 10.8. The van der Waals surface area contributed by atoms with Crippen molar-refractivity contribution in [1.82, 2.24) is 20.5 Å². The Morgan fingerprint density at radius 1 is 1.31 bits per heavy atom. The number of H-pyrrole nitrogens is 1. The Kier molecular flexibility index (Phi) is 8.39. The Morgan fingerprint density at radius 2 is 2.10 bits per heavy atom. The Balaban J connectivity index is 2.04. The highest BCUT2D eigenvalue weighted by molar-refractivity contribution is 5.76. The van der Waals surface area contributed by atoms with Crippen LogP contribution in [0.1, 0.15) is 32.4 Å². The molecule has 2 aromatic rings. The Hall–Kier alpha value is -3.16. The van der Waals surface area contributed by atoms with E-state index in [1.165, 1.54) is 7.11 Å². The number of hydrogen-bond acceptors (Lipinski definition) is 6. The fourth-order valence-corrected chi connectivity index (χ4v) is 2.56. The summed E-state index contributed by atoms with van der Waals surface area (Å²) >= 11 is 0. The lowest BCUT2D eigenvalue weighted by Gasteiger charge is -2.10. The van der Waals surface area contributed by atoms with Gasteiger partial charge in [-0.25, -0.2) is 0 Å². The molecule has 0 saturated carbocycles. The fourth-order valence-electron chi connectivity index (χ4n) is 2.56. The molecule has 1 heterocycles. The largest absolute Gasteiger partial charge is 0.493 e. The third kappa shape index (κ3) is 6.74. The molecule has 8 heteroatoms. The van der Waals surface area contributed by atoms with E-state index in [1.54, 1.807) is 24.3 Å².